The average Bonchev–Trinajstić information content (AvgIpc) is 3.38. The van der Waals surface area contributed by atoms with Crippen molar-refractivity contribution in [3.63, 3.8) is 0 Å². The maximum atomic E-state index is 12.9. The van der Waals surface area contributed by atoms with Crippen LogP contribution in [0.4, 0.5) is 5.00 Å². The lowest BCUT2D eigenvalue weighted by Gasteiger charge is -2.11. The Morgan fingerprint density at radius 3 is 2.59 bits per heavy atom. The summed E-state index contributed by atoms with van der Waals surface area (Å²) in [5.41, 5.74) is 2.47. The molecule has 0 atom stereocenters. The predicted octanol–water partition coefficient (Wildman–Crippen LogP) is 5.86. The molecule has 0 aliphatic heterocycles. The zero-order chi connectivity index (χ0) is 24.1. The number of aryl methyl sites for hydroxylation is 1. The van der Waals surface area contributed by atoms with Crippen molar-refractivity contribution in [2.45, 2.75) is 57.1 Å². The van der Waals surface area contributed by atoms with Crippen LogP contribution in [-0.4, -0.2) is 39.5 Å². The van der Waals surface area contributed by atoms with E-state index in [1.807, 2.05) is 35.8 Å². The number of carbonyl (C=O) groups is 2. The second-order valence-corrected chi connectivity index (χ2v) is 10.5. The number of hydrogen-bond donors (Lipinski definition) is 1. The van der Waals surface area contributed by atoms with Crippen molar-refractivity contribution in [1.82, 2.24) is 14.8 Å². The Morgan fingerprint density at radius 2 is 1.88 bits per heavy atom. The maximum Gasteiger partial charge on any atom is 0.341 e. The van der Waals surface area contributed by atoms with E-state index >= 15 is 0 Å². The first-order valence-electron chi connectivity index (χ1n) is 11.4. The Bertz CT molecular complexity index is 1170. The van der Waals surface area contributed by atoms with Gasteiger partial charge in [-0.1, -0.05) is 36.2 Å². The number of halogens is 1. The van der Waals surface area contributed by atoms with Gasteiger partial charge in [0.05, 0.1) is 18.4 Å². The van der Waals surface area contributed by atoms with Gasteiger partial charge in [-0.15, -0.1) is 21.5 Å². The number of ether oxygens (including phenoxy) is 1. The lowest BCUT2D eigenvalue weighted by atomic mass is 9.96. The Kier molecular flexibility index (Phi) is 8.28. The lowest BCUT2D eigenvalue weighted by molar-refractivity contribution is -0.113. The Balaban J connectivity index is 1.49. The number of amides is 1. The summed E-state index contributed by atoms with van der Waals surface area (Å²) in [5, 5.41) is 13.5. The maximum absolute atomic E-state index is 12.9. The SMILES string of the molecule is CCn1c(SCC(=O)Nc2sc3c(c2C(=O)OC)CCCCCC3)nnc1-c1ccc(Cl)cc1. The monoisotopic (exact) mass is 518 g/mol. The number of hydrogen-bond acceptors (Lipinski definition) is 7. The predicted molar refractivity (Wildman–Crippen MR) is 137 cm³/mol. The number of nitrogens with zero attached hydrogens (tertiary/aromatic N) is 3. The van der Waals surface area contributed by atoms with E-state index in [2.05, 4.69) is 15.5 Å². The largest absolute Gasteiger partial charge is 0.465 e. The highest BCUT2D eigenvalue weighted by Crippen LogP contribution is 2.37. The van der Waals surface area contributed by atoms with Gasteiger partial charge < -0.3 is 14.6 Å². The molecule has 0 fully saturated rings. The van der Waals surface area contributed by atoms with Gasteiger partial charge in [-0.2, -0.15) is 0 Å². The number of thioether (sulfide) groups is 1. The summed E-state index contributed by atoms with van der Waals surface area (Å²) in [4.78, 5) is 26.6. The van der Waals surface area contributed by atoms with E-state index in [0.29, 0.717) is 27.3 Å². The third-order valence-electron chi connectivity index (χ3n) is 5.78. The number of benzene rings is 1. The fraction of sp³-hybridized carbons (Fsp3) is 0.417. The molecule has 7 nitrogen and oxygen atoms in total. The summed E-state index contributed by atoms with van der Waals surface area (Å²) in [6.45, 7) is 2.68. The van der Waals surface area contributed by atoms with Crippen molar-refractivity contribution in [2.75, 3.05) is 18.2 Å². The first-order chi connectivity index (χ1) is 16.5. The van der Waals surface area contributed by atoms with Gasteiger partial charge in [0.2, 0.25) is 5.91 Å². The zero-order valence-electron chi connectivity index (χ0n) is 19.2. The Hall–Kier alpha value is -2.36. The van der Waals surface area contributed by atoms with E-state index in [4.69, 9.17) is 16.3 Å². The topological polar surface area (TPSA) is 86.1 Å². The molecular formula is C24H27ClN4O3S2. The molecule has 0 saturated heterocycles. The normalized spacial score (nSPS) is 13.6. The molecule has 3 aromatic rings. The van der Waals surface area contributed by atoms with E-state index in [-0.39, 0.29) is 17.6 Å². The number of aromatic nitrogens is 3. The fourth-order valence-corrected chi connectivity index (χ4v) is 6.33. The first kappa shape index (κ1) is 24.8. The van der Waals surface area contributed by atoms with Gasteiger partial charge in [-0.25, -0.2) is 4.79 Å². The molecule has 2 heterocycles. The van der Waals surface area contributed by atoms with Crippen LogP contribution in [0.1, 0.15) is 53.4 Å². The van der Waals surface area contributed by atoms with Crippen LogP contribution in [0.2, 0.25) is 5.02 Å². The molecule has 10 heteroatoms. The molecule has 0 radical (unpaired) electrons. The van der Waals surface area contributed by atoms with Crippen molar-refractivity contribution < 1.29 is 14.3 Å². The third-order valence-corrected chi connectivity index (χ3v) is 8.21. The van der Waals surface area contributed by atoms with E-state index in [9.17, 15) is 9.59 Å². The zero-order valence-corrected chi connectivity index (χ0v) is 21.6. The minimum Gasteiger partial charge on any atom is -0.465 e. The molecule has 0 unspecified atom stereocenters. The summed E-state index contributed by atoms with van der Waals surface area (Å²) in [5.74, 6) is 0.303. The van der Waals surface area contributed by atoms with Crippen molar-refractivity contribution in [3.8, 4) is 11.4 Å². The molecule has 0 spiro atoms. The van der Waals surface area contributed by atoms with Gasteiger partial charge in [0, 0.05) is 22.0 Å². The highest BCUT2D eigenvalue weighted by atomic mass is 35.5. The summed E-state index contributed by atoms with van der Waals surface area (Å²) in [7, 11) is 1.38. The number of fused-ring (bicyclic) bond motifs is 1. The molecule has 4 rings (SSSR count). The quantitative estimate of drug-likeness (QED) is 0.311. The molecule has 180 valence electrons. The van der Waals surface area contributed by atoms with Crippen molar-refractivity contribution in [1.29, 1.82) is 0 Å². The van der Waals surface area contributed by atoms with Gasteiger partial charge in [0.15, 0.2) is 11.0 Å². The number of carbonyl (C=O) groups excluding carboxylic acids is 2. The molecular weight excluding hydrogens is 492 g/mol. The van der Waals surface area contributed by atoms with Crippen LogP contribution in [0, 0.1) is 0 Å². The van der Waals surface area contributed by atoms with E-state index < -0.39 is 0 Å². The lowest BCUT2D eigenvalue weighted by Crippen LogP contribution is -2.17. The first-order valence-corrected chi connectivity index (χ1v) is 13.5. The molecule has 34 heavy (non-hydrogen) atoms. The van der Waals surface area contributed by atoms with E-state index in [1.54, 1.807) is 0 Å². The van der Waals surface area contributed by atoms with Gasteiger partial charge in [0.1, 0.15) is 5.00 Å². The van der Waals surface area contributed by atoms with E-state index in [0.717, 1.165) is 49.1 Å². The molecule has 1 aromatic carbocycles. The van der Waals surface area contributed by atoms with Crippen LogP contribution < -0.4 is 5.32 Å². The summed E-state index contributed by atoms with van der Waals surface area (Å²) < 4.78 is 7.02. The number of nitrogens with one attached hydrogen (secondary N) is 1. The van der Waals surface area contributed by atoms with Crippen LogP contribution in [0.25, 0.3) is 11.4 Å². The third kappa shape index (κ3) is 5.47. The van der Waals surface area contributed by atoms with Gasteiger partial charge in [-0.3, -0.25) is 4.79 Å². The Morgan fingerprint density at radius 1 is 1.15 bits per heavy atom. The fourth-order valence-electron chi connectivity index (χ4n) is 4.11. The number of esters is 1. The second-order valence-electron chi connectivity index (χ2n) is 8.01. The second kappa shape index (κ2) is 11.4. The van der Waals surface area contributed by atoms with E-state index in [1.165, 1.54) is 41.5 Å². The number of anilines is 1. The Labute approximate surface area is 212 Å². The molecule has 0 bridgehead atoms. The smallest absolute Gasteiger partial charge is 0.341 e. The molecule has 1 aliphatic rings. The van der Waals surface area contributed by atoms with Gasteiger partial charge in [0.25, 0.3) is 0 Å². The molecule has 1 amide bonds. The standard InChI is InChI=1S/C24H27ClN4O3S2/c1-3-29-21(15-10-12-16(25)13-11-15)27-28-24(29)33-14-19(30)26-22-20(23(31)32-2)17-8-6-4-5-7-9-18(17)34-22/h10-13H,3-9,14H2,1-2H3,(H,26,30). The molecule has 1 N–H and O–H groups in total. The van der Waals surface area contributed by atoms with Crippen LogP contribution in [-0.2, 0) is 28.9 Å². The molecule has 2 aromatic heterocycles. The number of thiophene rings is 1. The number of methoxy groups -OCH3 is 1. The van der Waals surface area contributed by atoms with Crippen LogP contribution >= 0.6 is 34.7 Å². The minimum atomic E-state index is -0.389. The average molecular weight is 519 g/mol. The molecule has 1 aliphatic carbocycles. The van der Waals surface area contributed by atoms with Crippen LogP contribution in [0.15, 0.2) is 29.4 Å². The highest BCUT2D eigenvalue weighted by Gasteiger charge is 2.26. The van der Waals surface area contributed by atoms with Crippen molar-refractivity contribution >= 4 is 51.6 Å². The summed E-state index contributed by atoms with van der Waals surface area (Å²) in [6, 6.07) is 7.43. The summed E-state index contributed by atoms with van der Waals surface area (Å²) >= 11 is 8.82. The van der Waals surface area contributed by atoms with Crippen molar-refractivity contribution in [2.24, 2.45) is 0 Å². The van der Waals surface area contributed by atoms with Crippen LogP contribution in [0.5, 0.6) is 0 Å². The van der Waals surface area contributed by atoms with Gasteiger partial charge in [-0.05, 0) is 62.4 Å². The minimum absolute atomic E-state index is 0.155. The van der Waals surface area contributed by atoms with Crippen molar-refractivity contribution in [3.05, 3.63) is 45.3 Å². The summed E-state index contributed by atoms with van der Waals surface area (Å²) in [6.07, 6.45) is 6.26. The molecule has 0 saturated carbocycles. The van der Waals surface area contributed by atoms with Gasteiger partial charge >= 0.3 is 5.97 Å². The van der Waals surface area contributed by atoms with Crippen LogP contribution in [0.3, 0.4) is 0 Å². The highest BCUT2D eigenvalue weighted by molar-refractivity contribution is 7.99. The number of rotatable bonds is 7.